The predicted octanol–water partition coefficient (Wildman–Crippen LogP) is 0.661. The van der Waals surface area contributed by atoms with E-state index in [0.29, 0.717) is 11.8 Å². The summed E-state index contributed by atoms with van der Waals surface area (Å²) in [7, 11) is 0. The smallest absolute Gasteiger partial charge is 0.246 e. The van der Waals surface area contributed by atoms with Gasteiger partial charge in [-0.1, -0.05) is 12.1 Å². The number of rotatable bonds is 2. The van der Waals surface area contributed by atoms with Crippen molar-refractivity contribution in [1.82, 2.24) is 19.9 Å². The normalized spacial score (nSPS) is 28.2. The molecular weight excluding hydrogens is 268 g/mol. The molecule has 2 aromatic rings. The van der Waals surface area contributed by atoms with Gasteiger partial charge in [-0.05, 0) is 36.8 Å². The second-order valence-electron chi connectivity index (χ2n) is 6.16. The number of carbonyl (C=O) groups excluding carboxylic acids is 1. The Bertz CT molecular complexity index is 636. The molecule has 0 spiro atoms. The first-order valence-electron chi connectivity index (χ1n) is 7.45. The van der Waals surface area contributed by atoms with Crippen molar-refractivity contribution in [2.75, 3.05) is 13.1 Å². The third kappa shape index (κ3) is 2.29. The summed E-state index contributed by atoms with van der Waals surface area (Å²) >= 11 is 0. The zero-order chi connectivity index (χ0) is 14.4. The SMILES string of the molecule is O=C(Cn1nc2ccccc2n1)N1C[C@H]2CC(O)C[C@H]2C1. The highest BCUT2D eigenvalue weighted by Crippen LogP contribution is 2.37. The van der Waals surface area contributed by atoms with Crippen LogP contribution >= 0.6 is 0 Å². The van der Waals surface area contributed by atoms with Crippen LogP contribution in [0.15, 0.2) is 24.3 Å². The van der Waals surface area contributed by atoms with Gasteiger partial charge in [-0.3, -0.25) is 4.79 Å². The van der Waals surface area contributed by atoms with E-state index < -0.39 is 0 Å². The van der Waals surface area contributed by atoms with Crippen LogP contribution in [0.2, 0.25) is 0 Å². The Kier molecular flexibility index (Phi) is 2.92. The number of nitrogens with zero attached hydrogens (tertiary/aromatic N) is 4. The molecule has 1 aliphatic heterocycles. The average molecular weight is 286 g/mol. The van der Waals surface area contributed by atoms with Gasteiger partial charge < -0.3 is 10.0 Å². The van der Waals surface area contributed by atoms with E-state index in [1.165, 1.54) is 4.80 Å². The lowest BCUT2D eigenvalue weighted by Gasteiger charge is -2.17. The van der Waals surface area contributed by atoms with Crippen LogP contribution in [0.5, 0.6) is 0 Å². The Hall–Kier alpha value is -1.95. The molecule has 21 heavy (non-hydrogen) atoms. The summed E-state index contributed by atoms with van der Waals surface area (Å²) in [6.45, 7) is 1.72. The van der Waals surface area contributed by atoms with Gasteiger partial charge in [0.15, 0.2) is 0 Å². The number of aliphatic hydroxyl groups is 1. The lowest BCUT2D eigenvalue weighted by Crippen LogP contribution is -2.33. The van der Waals surface area contributed by atoms with Crippen molar-refractivity contribution in [3.8, 4) is 0 Å². The predicted molar refractivity (Wildman–Crippen MR) is 76.3 cm³/mol. The highest BCUT2D eigenvalue weighted by molar-refractivity contribution is 5.77. The van der Waals surface area contributed by atoms with Gasteiger partial charge in [-0.2, -0.15) is 15.0 Å². The van der Waals surface area contributed by atoms with Crippen LogP contribution < -0.4 is 0 Å². The van der Waals surface area contributed by atoms with Crippen LogP contribution in [0, 0.1) is 11.8 Å². The Labute approximate surface area is 122 Å². The number of benzene rings is 1. The molecule has 1 aliphatic carbocycles. The molecule has 1 unspecified atom stereocenters. The summed E-state index contributed by atoms with van der Waals surface area (Å²) in [5.74, 6) is 1.00. The fraction of sp³-hybridized carbons (Fsp3) is 0.533. The topological polar surface area (TPSA) is 71.2 Å². The molecule has 3 atom stereocenters. The maximum Gasteiger partial charge on any atom is 0.246 e. The van der Waals surface area contributed by atoms with Gasteiger partial charge in [-0.25, -0.2) is 0 Å². The molecule has 2 heterocycles. The van der Waals surface area contributed by atoms with Crippen molar-refractivity contribution in [3.05, 3.63) is 24.3 Å². The number of hydrogen-bond acceptors (Lipinski definition) is 4. The number of carbonyl (C=O) groups is 1. The van der Waals surface area contributed by atoms with Gasteiger partial charge in [0.05, 0.1) is 6.10 Å². The van der Waals surface area contributed by atoms with Gasteiger partial charge in [0.2, 0.25) is 5.91 Å². The lowest BCUT2D eigenvalue weighted by atomic mass is 10.0. The van der Waals surface area contributed by atoms with Crippen LogP contribution in [0.1, 0.15) is 12.8 Å². The first-order valence-corrected chi connectivity index (χ1v) is 7.45. The number of aliphatic hydroxyl groups excluding tert-OH is 1. The van der Waals surface area contributed by atoms with E-state index in [-0.39, 0.29) is 18.6 Å². The molecule has 2 fully saturated rings. The van der Waals surface area contributed by atoms with E-state index in [1.54, 1.807) is 0 Å². The average Bonchev–Trinajstić information content (AvgIpc) is 3.09. The van der Waals surface area contributed by atoms with Gasteiger partial charge in [-0.15, -0.1) is 0 Å². The monoisotopic (exact) mass is 286 g/mol. The Morgan fingerprint density at radius 2 is 1.71 bits per heavy atom. The molecule has 1 aromatic carbocycles. The number of fused-ring (bicyclic) bond motifs is 2. The Morgan fingerprint density at radius 1 is 1.14 bits per heavy atom. The van der Waals surface area contributed by atoms with Crippen molar-refractivity contribution in [2.24, 2.45) is 11.8 Å². The maximum absolute atomic E-state index is 12.4. The molecule has 0 radical (unpaired) electrons. The zero-order valence-electron chi connectivity index (χ0n) is 11.7. The van der Waals surface area contributed by atoms with E-state index in [9.17, 15) is 9.90 Å². The Morgan fingerprint density at radius 3 is 2.29 bits per heavy atom. The molecular formula is C15H18N4O2. The van der Waals surface area contributed by atoms with E-state index in [1.807, 2.05) is 29.2 Å². The van der Waals surface area contributed by atoms with Gasteiger partial charge in [0, 0.05) is 13.1 Å². The molecule has 1 N–H and O–H groups in total. The molecule has 2 aliphatic rings. The van der Waals surface area contributed by atoms with Crippen molar-refractivity contribution >= 4 is 16.9 Å². The molecule has 1 saturated heterocycles. The molecule has 1 saturated carbocycles. The molecule has 6 nitrogen and oxygen atoms in total. The highest BCUT2D eigenvalue weighted by atomic mass is 16.3. The van der Waals surface area contributed by atoms with Crippen molar-refractivity contribution < 1.29 is 9.90 Å². The zero-order valence-corrected chi connectivity index (χ0v) is 11.7. The summed E-state index contributed by atoms with van der Waals surface area (Å²) in [5, 5.41) is 18.3. The minimum atomic E-state index is -0.171. The van der Waals surface area contributed by atoms with Crippen molar-refractivity contribution in [2.45, 2.75) is 25.5 Å². The fourth-order valence-corrected chi connectivity index (χ4v) is 3.67. The third-order valence-electron chi connectivity index (χ3n) is 4.68. The van der Waals surface area contributed by atoms with Crippen LogP contribution in [-0.4, -0.2) is 50.1 Å². The molecule has 1 aromatic heterocycles. The van der Waals surface area contributed by atoms with Gasteiger partial charge in [0.25, 0.3) is 0 Å². The largest absolute Gasteiger partial charge is 0.393 e. The van der Waals surface area contributed by atoms with Crippen molar-refractivity contribution in [3.63, 3.8) is 0 Å². The van der Waals surface area contributed by atoms with Crippen LogP contribution in [0.25, 0.3) is 11.0 Å². The number of likely N-dealkylation sites (tertiary alicyclic amines) is 1. The molecule has 0 bridgehead atoms. The number of aromatic nitrogens is 3. The highest BCUT2D eigenvalue weighted by Gasteiger charge is 2.41. The molecule has 4 rings (SSSR count). The summed E-state index contributed by atoms with van der Waals surface area (Å²) in [5.41, 5.74) is 1.62. The second-order valence-corrected chi connectivity index (χ2v) is 6.16. The van der Waals surface area contributed by atoms with Crippen LogP contribution in [0.4, 0.5) is 0 Å². The molecule has 6 heteroatoms. The summed E-state index contributed by atoms with van der Waals surface area (Å²) in [6, 6.07) is 7.61. The fourth-order valence-electron chi connectivity index (χ4n) is 3.67. The third-order valence-corrected chi connectivity index (χ3v) is 4.68. The lowest BCUT2D eigenvalue weighted by molar-refractivity contribution is -0.131. The van der Waals surface area contributed by atoms with E-state index in [4.69, 9.17) is 0 Å². The Balaban J connectivity index is 1.44. The van der Waals surface area contributed by atoms with E-state index in [0.717, 1.165) is 37.0 Å². The summed E-state index contributed by atoms with van der Waals surface area (Å²) < 4.78 is 0. The summed E-state index contributed by atoms with van der Waals surface area (Å²) in [6.07, 6.45) is 1.49. The first-order chi connectivity index (χ1) is 10.2. The second kappa shape index (κ2) is 4.80. The number of hydrogen-bond donors (Lipinski definition) is 1. The standard InChI is InChI=1S/C15H18N4O2/c20-12-5-10-7-18(8-11(10)6-12)15(21)9-19-16-13-3-1-2-4-14(13)17-19/h1-4,10-12,20H,5-9H2/t10-,11+,12?. The summed E-state index contributed by atoms with van der Waals surface area (Å²) in [4.78, 5) is 15.7. The van der Waals surface area contributed by atoms with Crippen LogP contribution in [0.3, 0.4) is 0 Å². The van der Waals surface area contributed by atoms with Gasteiger partial charge >= 0.3 is 0 Å². The maximum atomic E-state index is 12.4. The minimum Gasteiger partial charge on any atom is -0.393 e. The molecule has 110 valence electrons. The molecule has 1 amide bonds. The minimum absolute atomic E-state index is 0.0687. The quantitative estimate of drug-likeness (QED) is 0.880. The van der Waals surface area contributed by atoms with Crippen LogP contribution in [-0.2, 0) is 11.3 Å². The van der Waals surface area contributed by atoms with E-state index in [2.05, 4.69) is 10.2 Å². The van der Waals surface area contributed by atoms with Gasteiger partial charge in [0.1, 0.15) is 17.6 Å². The first kappa shape index (κ1) is 12.8. The van der Waals surface area contributed by atoms with E-state index >= 15 is 0 Å². The van der Waals surface area contributed by atoms with Crippen molar-refractivity contribution in [1.29, 1.82) is 0 Å². The number of amides is 1.